The first kappa shape index (κ1) is 13.2. The number of halogens is 1. The monoisotopic (exact) mass is 223 g/mol. The molecule has 0 aliphatic heterocycles. The van der Waals surface area contributed by atoms with Gasteiger partial charge in [0.1, 0.15) is 5.54 Å². The number of carbonyl (C=O) groups excluding carboxylic acids is 1. The van der Waals surface area contributed by atoms with Crippen LogP contribution in [0.5, 0.6) is 0 Å². The Kier molecular flexibility index (Phi) is 5.49. The van der Waals surface area contributed by atoms with Gasteiger partial charge in [0.25, 0.3) is 0 Å². The van der Waals surface area contributed by atoms with Gasteiger partial charge in [-0.3, -0.25) is 4.79 Å². The molecule has 0 aromatic rings. The van der Waals surface area contributed by atoms with Crippen LogP contribution in [-0.2, 0) is 9.53 Å². The van der Waals surface area contributed by atoms with Crippen molar-refractivity contribution in [1.82, 2.24) is 0 Å². The summed E-state index contributed by atoms with van der Waals surface area (Å²) in [6.07, 6.45) is 2.24. The molecule has 0 bridgehead atoms. The summed E-state index contributed by atoms with van der Waals surface area (Å²) in [5.41, 5.74) is 3.75. The lowest BCUT2D eigenvalue weighted by atomic mass is 9.78. The Bertz CT molecular complexity index is 215. The number of carbonyl (C=O) groups is 2. The number of rotatable bonds is 2. The average molecular weight is 224 g/mol. The lowest BCUT2D eigenvalue weighted by molar-refractivity contribution is -0.146. The van der Waals surface area contributed by atoms with Gasteiger partial charge in [-0.1, -0.05) is 0 Å². The molecular formula is C8H14ClNO4. The molecule has 3 N–H and O–H groups in total. The van der Waals surface area contributed by atoms with Crippen LogP contribution in [0.2, 0.25) is 0 Å². The highest BCUT2D eigenvalue weighted by Crippen LogP contribution is 2.28. The molecule has 14 heavy (non-hydrogen) atoms. The summed E-state index contributed by atoms with van der Waals surface area (Å²) in [5.74, 6) is -0.858. The van der Waals surface area contributed by atoms with Gasteiger partial charge in [-0.25, -0.2) is 4.79 Å². The van der Waals surface area contributed by atoms with Gasteiger partial charge in [-0.2, -0.15) is 0 Å². The van der Waals surface area contributed by atoms with Crippen molar-refractivity contribution in [3.8, 4) is 0 Å². The van der Waals surface area contributed by atoms with Crippen molar-refractivity contribution in [2.75, 3.05) is 6.61 Å². The molecule has 0 unspecified atom stereocenters. The number of carboxylic acid groups (broad SMARTS) is 1. The first-order chi connectivity index (χ1) is 6.42. The van der Waals surface area contributed by atoms with E-state index in [0.717, 1.165) is 6.42 Å². The van der Waals surface area contributed by atoms with Crippen LogP contribution in [-0.4, -0.2) is 28.7 Å². The minimum atomic E-state index is -0.861. The van der Waals surface area contributed by atoms with Gasteiger partial charge in [0, 0.05) is 11.6 Å². The lowest BCUT2D eigenvalue weighted by Crippen LogP contribution is -2.53. The predicted molar refractivity (Wildman–Crippen MR) is 51.3 cm³/mol. The Morgan fingerprint density at radius 3 is 2.07 bits per heavy atom. The minimum Gasteiger partial charge on any atom is -0.480 e. The third-order valence-electron chi connectivity index (χ3n) is 1.93. The van der Waals surface area contributed by atoms with Crippen LogP contribution in [0.15, 0.2) is 0 Å². The van der Waals surface area contributed by atoms with Gasteiger partial charge >= 0.3 is 11.4 Å². The van der Waals surface area contributed by atoms with E-state index in [1.165, 1.54) is 0 Å². The number of ether oxygens (including phenoxy) is 1. The molecule has 0 amide bonds. The Hall–Kier alpha value is -0.810. The molecule has 82 valence electrons. The fourth-order valence-electron chi connectivity index (χ4n) is 0.885. The molecule has 1 rings (SSSR count). The van der Waals surface area contributed by atoms with Gasteiger partial charge in [0.05, 0.1) is 6.61 Å². The van der Waals surface area contributed by atoms with E-state index in [9.17, 15) is 9.59 Å². The van der Waals surface area contributed by atoms with E-state index in [1.807, 2.05) is 0 Å². The van der Waals surface area contributed by atoms with Crippen LogP contribution in [0.25, 0.3) is 0 Å². The number of hydrogen-bond acceptors (Lipinski definition) is 4. The maximum atomic E-state index is 10.2. The average Bonchev–Trinajstić information content (AvgIpc) is 2.00. The molecule has 0 aromatic carbocycles. The molecule has 1 aliphatic rings. The molecule has 0 saturated heterocycles. The summed E-state index contributed by atoms with van der Waals surface area (Å²) in [6, 6.07) is 0. The van der Waals surface area contributed by atoms with Gasteiger partial charge < -0.3 is 15.6 Å². The molecule has 5 nitrogen and oxygen atoms in total. The molecule has 0 spiro atoms. The summed E-state index contributed by atoms with van der Waals surface area (Å²) in [7, 11) is 0. The number of aliphatic carboxylic acids is 1. The summed E-state index contributed by atoms with van der Waals surface area (Å²) in [5, 5.41) is 8.37. The second kappa shape index (κ2) is 5.82. The highest BCUT2D eigenvalue weighted by molar-refractivity contribution is 6.61. The van der Waals surface area contributed by atoms with E-state index in [0.29, 0.717) is 19.4 Å². The zero-order valence-electron chi connectivity index (χ0n) is 7.96. The largest absolute Gasteiger partial charge is 0.480 e. The molecular weight excluding hydrogens is 210 g/mol. The van der Waals surface area contributed by atoms with Gasteiger partial charge in [0.2, 0.25) is 0 Å². The van der Waals surface area contributed by atoms with Crippen molar-refractivity contribution < 1.29 is 19.4 Å². The van der Waals surface area contributed by atoms with Crippen molar-refractivity contribution in [2.24, 2.45) is 5.73 Å². The van der Waals surface area contributed by atoms with Crippen LogP contribution in [0.3, 0.4) is 0 Å². The second-order valence-corrected chi connectivity index (χ2v) is 3.29. The number of carboxylic acids is 1. The molecule has 0 aromatic heterocycles. The highest BCUT2D eigenvalue weighted by Gasteiger charge is 2.39. The summed E-state index contributed by atoms with van der Waals surface area (Å²) in [4.78, 5) is 19.8. The van der Waals surface area contributed by atoms with Crippen molar-refractivity contribution >= 4 is 23.0 Å². The molecule has 1 aliphatic carbocycles. The second-order valence-electron chi connectivity index (χ2n) is 2.99. The SMILES string of the molecule is CCOC(=O)Cl.NC1(C(=O)O)CCC1. The fourth-order valence-corrected chi connectivity index (χ4v) is 0.994. The number of nitrogens with two attached hydrogens (primary N) is 1. The summed E-state index contributed by atoms with van der Waals surface area (Å²) >= 11 is 4.72. The topological polar surface area (TPSA) is 89.6 Å². The van der Waals surface area contributed by atoms with Crippen LogP contribution >= 0.6 is 11.6 Å². The first-order valence-electron chi connectivity index (χ1n) is 4.27. The fraction of sp³-hybridized carbons (Fsp3) is 0.750. The Labute approximate surface area is 87.2 Å². The van der Waals surface area contributed by atoms with Gasteiger partial charge in [0.15, 0.2) is 0 Å². The van der Waals surface area contributed by atoms with E-state index in [4.69, 9.17) is 22.4 Å². The lowest BCUT2D eigenvalue weighted by Gasteiger charge is -2.32. The summed E-state index contributed by atoms with van der Waals surface area (Å²) < 4.78 is 4.17. The molecule has 0 radical (unpaired) electrons. The van der Waals surface area contributed by atoms with Crippen molar-refractivity contribution in [3.63, 3.8) is 0 Å². The van der Waals surface area contributed by atoms with Gasteiger partial charge in [-0.15, -0.1) is 0 Å². The first-order valence-corrected chi connectivity index (χ1v) is 4.64. The molecule has 0 heterocycles. The Balaban J connectivity index is 0.000000255. The zero-order chi connectivity index (χ0) is 11.2. The van der Waals surface area contributed by atoms with Crippen LogP contribution in [0.1, 0.15) is 26.2 Å². The van der Waals surface area contributed by atoms with Crippen LogP contribution in [0, 0.1) is 0 Å². The van der Waals surface area contributed by atoms with Crippen LogP contribution in [0.4, 0.5) is 4.79 Å². The third-order valence-corrected chi connectivity index (χ3v) is 2.04. The van der Waals surface area contributed by atoms with E-state index in [2.05, 4.69) is 4.74 Å². The number of hydrogen-bond donors (Lipinski definition) is 2. The Morgan fingerprint density at radius 2 is 2.07 bits per heavy atom. The maximum Gasteiger partial charge on any atom is 0.403 e. The predicted octanol–water partition coefficient (Wildman–Crippen LogP) is 1.33. The third kappa shape index (κ3) is 4.43. The smallest absolute Gasteiger partial charge is 0.403 e. The quantitative estimate of drug-likeness (QED) is 0.690. The van der Waals surface area contributed by atoms with Crippen molar-refractivity contribution in [3.05, 3.63) is 0 Å². The molecule has 0 atom stereocenters. The van der Waals surface area contributed by atoms with E-state index >= 15 is 0 Å². The summed E-state index contributed by atoms with van der Waals surface area (Å²) in [6.45, 7) is 2.04. The normalized spacial score (nSPS) is 17.1. The minimum absolute atomic E-state index is 0.350. The van der Waals surface area contributed by atoms with Crippen molar-refractivity contribution in [1.29, 1.82) is 0 Å². The van der Waals surface area contributed by atoms with E-state index in [-0.39, 0.29) is 0 Å². The van der Waals surface area contributed by atoms with Gasteiger partial charge in [-0.05, 0) is 26.2 Å². The van der Waals surface area contributed by atoms with E-state index in [1.54, 1.807) is 6.92 Å². The highest BCUT2D eigenvalue weighted by atomic mass is 35.5. The molecule has 1 fully saturated rings. The standard InChI is InChI=1S/C5H9NO2.C3H5ClO2/c6-5(4(7)8)2-1-3-5;1-2-6-3(4)5/h1-3,6H2,(H,7,8);2H2,1H3. The Morgan fingerprint density at radius 1 is 1.57 bits per heavy atom. The molecule has 1 saturated carbocycles. The van der Waals surface area contributed by atoms with Crippen molar-refractivity contribution in [2.45, 2.75) is 31.7 Å². The van der Waals surface area contributed by atoms with Crippen LogP contribution < -0.4 is 5.73 Å². The maximum absolute atomic E-state index is 10.2. The molecule has 6 heteroatoms. The zero-order valence-corrected chi connectivity index (χ0v) is 8.71. The van der Waals surface area contributed by atoms with E-state index < -0.39 is 16.9 Å².